The maximum Gasteiger partial charge on any atom is 0.225 e. The minimum absolute atomic E-state index is 0.00949. The second-order valence-corrected chi connectivity index (χ2v) is 5.29. The Bertz CT molecular complexity index is 458. The zero-order valence-corrected chi connectivity index (χ0v) is 13.0. The molecular weight excluding hydrogens is 284 g/mol. The molecule has 1 aromatic heterocycles. The molecule has 2 heterocycles. The quantitative estimate of drug-likeness (QED) is 0.740. The molecule has 2 N–H and O–H groups in total. The number of carbonyl (C=O) groups excluding carboxylic acids is 1. The first-order valence-corrected chi connectivity index (χ1v) is 7.56. The van der Waals surface area contributed by atoms with E-state index >= 15 is 0 Å². The van der Waals surface area contributed by atoms with E-state index in [9.17, 15) is 4.79 Å². The van der Waals surface area contributed by atoms with E-state index in [4.69, 9.17) is 9.84 Å². The Morgan fingerprint density at radius 3 is 2.50 bits per heavy atom. The van der Waals surface area contributed by atoms with E-state index in [0.29, 0.717) is 18.0 Å². The first-order chi connectivity index (χ1) is 10.7. The topological polar surface area (TPSA) is 77.9 Å². The van der Waals surface area contributed by atoms with Crippen LogP contribution in [0.25, 0.3) is 0 Å². The number of aliphatic hydroxyl groups is 1. The molecule has 0 spiro atoms. The molecule has 0 atom stereocenters. The molecule has 1 fully saturated rings. The summed E-state index contributed by atoms with van der Waals surface area (Å²) in [5.41, 5.74) is 0.679. The first-order valence-electron chi connectivity index (χ1n) is 7.56. The van der Waals surface area contributed by atoms with Gasteiger partial charge in [-0.1, -0.05) is 0 Å². The fourth-order valence-electron chi connectivity index (χ4n) is 2.44. The van der Waals surface area contributed by atoms with Crippen LogP contribution in [0.1, 0.15) is 6.42 Å². The summed E-state index contributed by atoms with van der Waals surface area (Å²) < 4.78 is 4.98. The number of β-amino-alcohol motifs (C(OH)–C–C–N with tert-alkyl or cyclic N) is 1. The number of nitrogens with zero attached hydrogens (tertiary/aromatic N) is 3. The van der Waals surface area contributed by atoms with Crippen LogP contribution in [0.4, 0.5) is 5.69 Å². The van der Waals surface area contributed by atoms with Gasteiger partial charge in [0, 0.05) is 51.8 Å². The maximum atomic E-state index is 11.9. The van der Waals surface area contributed by atoms with Gasteiger partial charge in [-0.3, -0.25) is 9.69 Å². The van der Waals surface area contributed by atoms with Crippen molar-refractivity contribution in [2.24, 2.45) is 0 Å². The molecule has 1 aromatic rings. The third kappa shape index (κ3) is 5.25. The van der Waals surface area contributed by atoms with Crippen molar-refractivity contribution in [3.05, 3.63) is 18.3 Å². The van der Waals surface area contributed by atoms with E-state index < -0.39 is 0 Å². The number of methoxy groups -OCH3 is 1. The molecule has 1 aliphatic heterocycles. The van der Waals surface area contributed by atoms with Crippen molar-refractivity contribution in [1.82, 2.24) is 14.8 Å². The lowest BCUT2D eigenvalue weighted by molar-refractivity contribution is -0.116. The smallest absolute Gasteiger partial charge is 0.225 e. The van der Waals surface area contributed by atoms with Gasteiger partial charge < -0.3 is 20.1 Å². The number of anilines is 1. The second kappa shape index (κ2) is 8.67. The summed E-state index contributed by atoms with van der Waals surface area (Å²) in [6.45, 7) is 5.48. The third-order valence-electron chi connectivity index (χ3n) is 3.77. The molecule has 7 nitrogen and oxygen atoms in total. The van der Waals surface area contributed by atoms with Crippen LogP contribution < -0.4 is 10.1 Å². The van der Waals surface area contributed by atoms with E-state index in [1.54, 1.807) is 25.4 Å². The molecule has 7 heteroatoms. The van der Waals surface area contributed by atoms with Crippen molar-refractivity contribution in [3.63, 3.8) is 0 Å². The van der Waals surface area contributed by atoms with Crippen LogP contribution in [0, 0.1) is 0 Å². The predicted octanol–water partition coefficient (Wildman–Crippen LogP) is 0.0287. The van der Waals surface area contributed by atoms with Crippen LogP contribution >= 0.6 is 0 Å². The highest BCUT2D eigenvalue weighted by molar-refractivity contribution is 5.90. The van der Waals surface area contributed by atoms with Gasteiger partial charge in [-0.15, -0.1) is 0 Å². The van der Waals surface area contributed by atoms with Gasteiger partial charge in [-0.05, 0) is 6.07 Å². The SMILES string of the molecule is COc1ccc(NC(=O)CCN2CCN(CCO)CC2)cn1. The third-order valence-corrected chi connectivity index (χ3v) is 3.77. The van der Waals surface area contributed by atoms with Gasteiger partial charge in [-0.2, -0.15) is 0 Å². The van der Waals surface area contributed by atoms with Crippen LogP contribution in [-0.4, -0.2) is 78.8 Å². The van der Waals surface area contributed by atoms with Crippen LogP contribution in [0.2, 0.25) is 0 Å². The largest absolute Gasteiger partial charge is 0.481 e. The van der Waals surface area contributed by atoms with Crippen molar-refractivity contribution in [2.45, 2.75) is 6.42 Å². The average molecular weight is 308 g/mol. The lowest BCUT2D eigenvalue weighted by atomic mass is 10.2. The number of ether oxygens (including phenoxy) is 1. The van der Waals surface area contributed by atoms with Gasteiger partial charge in [0.1, 0.15) is 0 Å². The zero-order chi connectivity index (χ0) is 15.8. The van der Waals surface area contributed by atoms with Gasteiger partial charge >= 0.3 is 0 Å². The van der Waals surface area contributed by atoms with Gasteiger partial charge in [0.05, 0.1) is 25.6 Å². The highest BCUT2D eigenvalue weighted by Crippen LogP contribution is 2.11. The molecule has 1 aliphatic rings. The molecule has 0 unspecified atom stereocenters. The van der Waals surface area contributed by atoms with E-state index in [0.717, 1.165) is 39.3 Å². The molecule has 2 rings (SSSR count). The number of hydrogen-bond donors (Lipinski definition) is 2. The summed E-state index contributed by atoms with van der Waals surface area (Å²) in [5.74, 6) is 0.517. The Hall–Kier alpha value is -1.70. The molecule has 0 radical (unpaired) electrons. The summed E-state index contributed by atoms with van der Waals surface area (Å²) in [4.78, 5) is 20.5. The molecule has 0 aliphatic carbocycles. The minimum Gasteiger partial charge on any atom is -0.481 e. The molecular formula is C15H24N4O3. The van der Waals surface area contributed by atoms with Crippen molar-refractivity contribution in [1.29, 1.82) is 0 Å². The van der Waals surface area contributed by atoms with Crippen molar-refractivity contribution in [3.8, 4) is 5.88 Å². The number of hydrogen-bond acceptors (Lipinski definition) is 6. The molecule has 0 saturated carbocycles. The Morgan fingerprint density at radius 1 is 1.27 bits per heavy atom. The predicted molar refractivity (Wildman–Crippen MR) is 84.0 cm³/mol. The van der Waals surface area contributed by atoms with E-state index in [1.165, 1.54) is 0 Å². The molecule has 22 heavy (non-hydrogen) atoms. The zero-order valence-electron chi connectivity index (χ0n) is 13.0. The normalized spacial score (nSPS) is 16.5. The monoisotopic (exact) mass is 308 g/mol. The number of aliphatic hydroxyl groups excluding tert-OH is 1. The lowest BCUT2D eigenvalue weighted by Gasteiger charge is -2.34. The van der Waals surface area contributed by atoms with Crippen LogP contribution in [0.15, 0.2) is 18.3 Å². The van der Waals surface area contributed by atoms with Crippen LogP contribution in [0.3, 0.4) is 0 Å². The van der Waals surface area contributed by atoms with E-state index in [2.05, 4.69) is 20.1 Å². The molecule has 1 amide bonds. The Labute approximate surface area is 130 Å². The highest BCUT2D eigenvalue weighted by atomic mass is 16.5. The fourth-order valence-corrected chi connectivity index (χ4v) is 2.44. The van der Waals surface area contributed by atoms with Gasteiger partial charge in [0.25, 0.3) is 0 Å². The number of piperazine rings is 1. The lowest BCUT2D eigenvalue weighted by Crippen LogP contribution is -2.47. The van der Waals surface area contributed by atoms with Crippen molar-refractivity contribution >= 4 is 11.6 Å². The summed E-state index contributed by atoms with van der Waals surface area (Å²) in [7, 11) is 1.56. The second-order valence-electron chi connectivity index (χ2n) is 5.29. The fraction of sp³-hybridized carbons (Fsp3) is 0.600. The highest BCUT2D eigenvalue weighted by Gasteiger charge is 2.16. The van der Waals surface area contributed by atoms with Gasteiger partial charge in [0.2, 0.25) is 11.8 Å². The summed E-state index contributed by atoms with van der Waals surface area (Å²) in [5, 5.41) is 11.7. The molecule has 0 bridgehead atoms. The molecule has 122 valence electrons. The van der Waals surface area contributed by atoms with Gasteiger partial charge in [-0.25, -0.2) is 4.98 Å². The standard InChI is InChI=1S/C15H24N4O3/c1-22-15-3-2-13(12-16-15)17-14(21)4-5-18-6-8-19(9-7-18)10-11-20/h2-3,12,20H,4-11H2,1H3,(H,17,21). The Kier molecular flexibility index (Phi) is 6.57. The maximum absolute atomic E-state index is 11.9. The van der Waals surface area contributed by atoms with Crippen molar-refractivity contribution < 1.29 is 14.6 Å². The molecule has 0 aromatic carbocycles. The van der Waals surface area contributed by atoms with Crippen LogP contribution in [-0.2, 0) is 4.79 Å². The average Bonchev–Trinajstić information content (AvgIpc) is 2.55. The number of amides is 1. The summed E-state index contributed by atoms with van der Waals surface area (Å²) >= 11 is 0. The Morgan fingerprint density at radius 2 is 1.95 bits per heavy atom. The summed E-state index contributed by atoms with van der Waals surface area (Å²) in [6.07, 6.45) is 2.05. The number of pyridine rings is 1. The number of rotatable bonds is 7. The number of carbonyl (C=O) groups is 1. The number of nitrogens with one attached hydrogen (secondary N) is 1. The van der Waals surface area contributed by atoms with Gasteiger partial charge in [0.15, 0.2) is 0 Å². The molecule has 1 saturated heterocycles. The van der Waals surface area contributed by atoms with Crippen molar-refractivity contribution in [2.75, 3.05) is 58.3 Å². The van der Waals surface area contributed by atoms with E-state index in [1.807, 2.05) is 0 Å². The Balaban J connectivity index is 1.67. The minimum atomic E-state index is -0.00949. The van der Waals surface area contributed by atoms with Crippen LogP contribution in [0.5, 0.6) is 5.88 Å². The van der Waals surface area contributed by atoms with E-state index in [-0.39, 0.29) is 12.5 Å². The number of aromatic nitrogens is 1. The first kappa shape index (κ1) is 16.7. The summed E-state index contributed by atoms with van der Waals surface area (Å²) in [6, 6.07) is 3.49.